The van der Waals surface area contributed by atoms with E-state index < -0.39 is 29.9 Å². The molecule has 8 nitrogen and oxygen atoms in total. The van der Waals surface area contributed by atoms with Gasteiger partial charge in [0, 0.05) is 37.3 Å². The molecular weight excluding hydrogens is 456 g/mol. The Bertz CT molecular complexity index is 1290. The summed E-state index contributed by atoms with van der Waals surface area (Å²) >= 11 is 0. The van der Waals surface area contributed by atoms with Crippen molar-refractivity contribution in [2.24, 2.45) is 0 Å². The first-order valence-electron chi connectivity index (χ1n) is 9.52. The maximum atomic E-state index is 12.9. The van der Waals surface area contributed by atoms with Crippen LogP contribution >= 0.6 is 0 Å². The van der Waals surface area contributed by atoms with Crippen molar-refractivity contribution in [1.29, 1.82) is 0 Å². The third-order valence-electron chi connectivity index (χ3n) is 5.14. The van der Waals surface area contributed by atoms with Crippen LogP contribution < -0.4 is 9.64 Å². The fraction of sp³-hybridized carbons (Fsp3) is 0.263. The second kappa shape index (κ2) is 7.35. The number of fused-ring (bicyclic) bond motifs is 2. The van der Waals surface area contributed by atoms with Crippen LogP contribution in [0.15, 0.2) is 43.1 Å². The van der Waals surface area contributed by atoms with E-state index >= 15 is 0 Å². The zero-order chi connectivity index (χ0) is 23.4. The van der Waals surface area contributed by atoms with Gasteiger partial charge in [-0.1, -0.05) is 0 Å². The summed E-state index contributed by atoms with van der Waals surface area (Å²) in [5.74, 6) is -0.440. The molecule has 0 bridgehead atoms. The molecule has 5 rings (SSSR count). The normalized spacial score (nSPS) is 16.8. The first kappa shape index (κ1) is 21.0. The largest absolute Gasteiger partial charge is 0.573 e. The number of aromatic nitrogens is 6. The monoisotopic (exact) mass is 469 g/mol. The van der Waals surface area contributed by atoms with E-state index in [1.807, 2.05) is 0 Å². The number of hydrogen-bond acceptors (Lipinski definition) is 6. The molecule has 1 aliphatic rings. The van der Waals surface area contributed by atoms with Gasteiger partial charge in [0.05, 0.1) is 23.3 Å². The summed E-state index contributed by atoms with van der Waals surface area (Å²) < 4.78 is 82.5. The van der Waals surface area contributed by atoms with E-state index in [1.165, 1.54) is 29.2 Å². The van der Waals surface area contributed by atoms with E-state index in [0.29, 0.717) is 36.7 Å². The van der Waals surface area contributed by atoms with Gasteiger partial charge in [0.1, 0.15) is 11.6 Å². The van der Waals surface area contributed by atoms with E-state index in [2.05, 4.69) is 29.8 Å². The molecule has 5 heterocycles. The lowest BCUT2D eigenvalue weighted by Gasteiger charge is -2.33. The van der Waals surface area contributed by atoms with E-state index in [9.17, 15) is 26.3 Å². The molecule has 4 aromatic heterocycles. The fourth-order valence-corrected chi connectivity index (χ4v) is 3.76. The quantitative estimate of drug-likeness (QED) is 0.458. The zero-order valence-electron chi connectivity index (χ0n) is 16.4. The van der Waals surface area contributed by atoms with E-state index in [-0.39, 0.29) is 11.5 Å². The molecule has 33 heavy (non-hydrogen) atoms. The number of ether oxygens (including phenoxy) is 1. The molecule has 0 aromatic carbocycles. The molecule has 14 heteroatoms. The van der Waals surface area contributed by atoms with Crippen LogP contribution in [0.5, 0.6) is 5.75 Å². The summed E-state index contributed by atoms with van der Waals surface area (Å²) in [7, 11) is 0. The Hall–Kier alpha value is -3.84. The fourth-order valence-electron chi connectivity index (χ4n) is 3.76. The molecule has 4 aromatic rings. The van der Waals surface area contributed by atoms with Gasteiger partial charge >= 0.3 is 12.5 Å². The van der Waals surface area contributed by atoms with Crippen molar-refractivity contribution in [1.82, 2.24) is 29.5 Å². The summed E-state index contributed by atoms with van der Waals surface area (Å²) in [6.07, 6.45) is -4.74. The Morgan fingerprint density at radius 2 is 1.82 bits per heavy atom. The summed E-state index contributed by atoms with van der Waals surface area (Å²) in [6, 6.07) is 3.16. The SMILES string of the molecule is FC(F)(F)Oc1cccn2nc(C3c4nc[nH]c4CCN3c3ncc(C(F)(F)F)cn3)cc12. The number of H-pyrrole nitrogens is 1. The number of anilines is 1. The van der Waals surface area contributed by atoms with Crippen molar-refractivity contribution in [3.8, 4) is 5.75 Å². The molecule has 1 atom stereocenters. The van der Waals surface area contributed by atoms with Crippen LogP contribution in [-0.4, -0.2) is 42.5 Å². The van der Waals surface area contributed by atoms with Crippen LogP contribution in [0.3, 0.4) is 0 Å². The molecule has 172 valence electrons. The first-order valence-corrected chi connectivity index (χ1v) is 9.52. The number of pyridine rings is 1. The molecule has 0 spiro atoms. The van der Waals surface area contributed by atoms with Crippen LogP contribution in [0.25, 0.3) is 5.52 Å². The molecule has 0 amide bonds. The average Bonchev–Trinajstić information content (AvgIpc) is 3.39. The van der Waals surface area contributed by atoms with Crippen molar-refractivity contribution in [2.45, 2.75) is 25.0 Å². The molecule has 1 N–H and O–H groups in total. The number of aromatic amines is 1. The first-order chi connectivity index (χ1) is 15.6. The van der Waals surface area contributed by atoms with Crippen molar-refractivity contribution in [3.05, 3.63) is 65.8 Å². The maximum Gasteiger partial charge on any atom is 0.573 e. The molecule has 1 unspecified atom stereocenters. The minimum absolute atomic E-state index is 0.00507. The Morgan fingerprint density at radius 1 is 1.06 bits per heavy atom. The van der Waals surface area contributed by atoms with Gasteiger partial charge in [0.15, 0.2) is 5.75 Å². The lowest BCUT2D eigenvalue weighted by atomic mass is 10.00. The predicted octanol–water partition coefficient (Wildman–Crippen LogP) is 3.92. The minimum atomic E-state index is -4.90. The topological polar surface area (TPSA) is 84.2 Å². The predicted molar refractivity (Wildman–Crippen MR) is 100 cm³/mol. The third-order valence-corrected chi connectivity index (χ3v) is 5.14. The van der Waals surface area contributed by atoms with Crippen LogP contribution in [0.4, 0.5) is 32.3 Å². The van der Waals surface area contributed by atoms with Gasteiger partial charge < -0.3 is 14.6 Å². The second-order valence-electron chi connectivity index (χ2n) is 7.20. The number of nitrogens with one attached hydrogen (secondary N) is 1. The number of rotatable bonds is 3. The molecule has 1 aliphatic heterocycles. The van der Waals surface area contributed by atoms with Gasteiger partial charge in [0.25, 0.3) is 0 Å². The summed E-state index contributed by atoms with van der Waals surface area (Å²) in [5.41, 5.74) is 0.644. The number of alkyl halides is 6. The average molecular weight is 469 g/mol. The Kier molecular flexibility index (Phi) is 4.68. The van der Waals surface area contributed by atoms with Gasteiger partial charge in [-0.05, 0) is 18.2 Å². The summed E-state index contributed by atoms with van der Waals surface area (Å²) in [4.78, 5) is 16.7. The molecule has 0 saturated heterocycles. The number of hydrogen-bond donors (Lipinski definition) is 1. The molecule has 0 saturated carbocycles. The molecule has 0 fully saturated rings. The smallest absolute Gasteiger partial charge is 0.403 e. The van der Waals surface area contributed by atoms with Gasteiger partial charge in [-0.2, -0.15) is 18.3 Å². The second-order valence-corrected chi connectivity index (χ2v) is 7.20. The van der Waals surface area contributed by atoms with Crippen molar-refractivity contribution < 1.29 is 31.1 Å². The van der Waals surface area contributed by atoms with Gasteiger partial charge in [-0.25, -0.2) is 19.5 Å². The van der Waals surface area contributed by atoms with Crippen molar-refractivity contribution >= 4 is 11.5 Å². The lowest BCUT2D eigenvalue weighted by molar-refractivity contribution is -0.274. The van der Waals surface area contributed by atoms with Crippen LogP contribution in [0, 0.1) is 0 Å². The highest BCUT2D eigenvalue weighted by Crippen LogP contribution is 2.37. The third kappa shape index (κ3) is 3.91. The lowest BCUT2D eigenvalue weighted by Crippen LogP contribution is -2.37. The Labute approximate surface area is 180 Å². The molecular formula is C19H13F6N7O. The standard InChI is InChI=1S/C19H13F6N7O/c20-18(21,22)10-7-26-17(27-8-10)31-5-3-11-15(29-9-28-11)16(31)12-6-13-14(33-19(23,24)25)2-1-4-32(13)30-12/h1-2,4,6-9,16H,3,5H2,(H,28,29). The Balaban J connectivity index is 1.59. The van der Waals surface area contributed by atoms with Crippen LogP contribution in [0.1, 0.15) is 28.7 Å². The van der Waals surface area contributed by atoms with E-state index in [1.54, 1.807) is 4.90 Å². The number of halogens is 6. The van der Waals surface area contributed by atoms with Crippen molar-refractivity contribution in [3.63, 3.8) is 0 Å². The van der Waals surface area contributed by atoms with Crippen LogP contribution in [-0.2, 0) is 12.6 Å². The highest BCUT2D eigenvalue weighted by atomic mass is 19.4. The number of nitrogens with zero attached hydrogens (tertiary/aromatic N) is 6. The van der Waals surface area contributed by atoms with E-state index in [4.69, 9.17) is 0 Å². The van der Waals surface area contributed by atoms with Gasteiger partial charge in [0.2, 0.25) is 5.95 Å². The molecule has 0 radical (unpaired) electrons. The van der Waals surface area contributed by atoms with Gasteiger partial charge in [-0.15, -0.1) is 13.2 Å². The summed E-state index contributed by atoms with van der Waals surface area (Å²) in [6.45, 7) is 0.311. The van der Waals surface area contributed by atoms with Crippen LogP contribution in [0.2, 0.25) is 0 Å². The van der Waals surface area contributed by atoms with Gasteiger partial charge in [-0.3, -0.25) is 0 Å². The summed E-state index contributed by atoms with van der Waals surface area (Å²) in [5, 5.41) is 4.38. The van der Waals surface area contributed by atoms with Crippen molar-refractivity contribution in [2.75, 3.05) is 11.4 Å². The molecule has 0 aliphatic carbocycles. The highest BCUT2D eigenvalue weighted by Gasteiger charge is 2.37. The number of imidazole rings is 1. The minimum Gasteiger partial charge on any atom is -0.403 e. The zero-order valence-corrected chi connectivity index (χ0v) is 16.4. The highest BCUT2D eigenvalue weighted by molar-refractivity contribution is 5.62. The van der Waals surface area contributed by atoms with E-state index in [0.717, 1.165) is 11.8 Å². The maximum absolute atomic E-state index is 12.9. The Morgan fingerprint density at radius 3 is 2.52 bits per heavy atom.